The number of amides is 3. The molecule has 3 amide bonds. The maximum absolute atomic E-state index is 12.1. The molecule has 6 heteroatoms. The van der Waals surface area contributed by atoms with E-state index in [-0.39, 0.29) is 18.0 Å². The Bertz CT molecular complexity index is 760. The molecule has 0 heterocycles. The van der Waals surface area contributed by atoms with E-state index in [0.29, 0.717) is 12.2 Å². The molecule has 1 atom stereocenters. The van der Waals surface area contributed by atoms with Crippen molar-refractivity contribution >= 4 is 17.6 Å². The second-order valence-electron chi connectivity index (χ2n) is 6.38. The van der Waals surface area contributed by atoms with Gasteiger partial charge in [0.25, 0.3) is 0 Å². The van der Waals surface area contributed by atoms with Crippen molar-refractivity contribution < 1.29 is 14.3 Å². The fourth-order valence-electron chi connectivity index (χ4n) is 2.71. The molecule has 0 aliphatic rings. The van der Waals surface area contributed by atoms with E-state index in [1.165, 1.54) is 12.5 Å². The SMILES string of the molecule is COc1ccc(CCCNC(=O)NC(C)c2cccc(NC(C)=O)c2)cc1. The fraction of sp³-hybridized carbons (Fsp3) is 0.333. The number of rotatable bonds is 8. The van der Waals surface area contributed by atoms with Gasteiger partial charge in [-0.15, -0.1) is 0 Å². The first-order chi connectivity index (χ1) is 13.0. The third kappa shape index (κ3) is 7.01. The van der Waals surface area contributed by atoms with Crippen LogP contribution in [0.5, 0.6) is 5.75 Å². The quantitative estimate of drug-likeness (QED) is 0.622. The highest BCUT2D eigenvalue weighted by atomic mass is 16.5. The Balaban J connectivity index is 1.73. The molecule has 3 N–H and O–H groups in total. The van der Waals surface area contributed by atoms with Crippen molar-refractivity contribution in [1.29, 1.82) is 0 Å². The van der Waals surface area contributed by atoms with Crippen molar-refractivity contribution in [3.8, 4) is 5.75 Å². The number of ether oxygens (including phenoxy) is 1. The zero-order chi connectivity index (χ0) is 19.6. The molecule has 0 saturated heterocycles. The minimum Gasteiger partial charge on any atom is -0.497 e. The molecule has 0 spiro atoms. The maximum Gasteiger partial charge on any atom is 0.315 e. The van der Waals surface area contributed by atoms with E-state index in [9.17, 15) is 9.59 Å². The largest absolute Gasteiger partial charge is 0.497 e. The van der Waals surface area contributed by atoms with Crippen molar-refractivity contribution in [3.05, 3.63) is 59.7 Å². The predicted molar refractivity (Wildman–Crippen MR) is 107 cm³/mol. The van der Waals surface area contributed by atoms with Gasteiger partial charge in [0.1, 0.15) is 5.75 Å². The van der Waals surface area contributed by atoms with Gasteiger partial charge in [0.15, 0.2) is 0 Å². The first kappa shape index (κ1) is 20.3. The molecule has 2 aromatic rings. The molecule has 6 nitrogen and oxygen atoms in total. The van der Waals surface area contributed by atoms with Crippen LogP contribution in [0.1, 0.15) is 37.4 Å². The highest BCUT2D eigenvalue weighted by molar-refractivity contribution is 5.88. The number of carbonyl (C=O) groups excluding carboxylic acids is 2. The first-order valence-electron chi connectivity index (χ1n) is 9.03. The van der Waals surface area contributed by atoms with E-state index in [1.807, 2.05) is 55.5 Å². The minimum absolute atomic E-state index is 0.123. The minimum atomic E-state index is -0.206. The van der Waals surface area contributed by atoms with Crippen LogP contribution in [-0.4, -0.2) is 25.6 Å². The Kier molecular flexibility index (Phi) is 7.67. The van der Waals surface area contributed by atoms with Crippen molar-refractivity contribution in [2.75, 3.05) is 19.0 Å². The number of urea groups is 1. The van der Waals surface area contributed by atoms with Crippen LogP contribution < -0.4 is 20.7 Å². The van der Waals surface area contributed by atoms with Crippen LogP contribution >= 0.6 is 0 Å². The van der Waals surface area contributed by atoms with E-state index in [2.05, 4.69) is 16.0 Å². The summed E-state index contributed by atoms with van der Waals surface area (Å²) in [6.07, 6.45) is 1.74. The van der Waals surface area contributed by atoms with Crippen LogP contribution in [0.15, 0.2) is 48.5 Å². The lowest BCUT2D eigenvalue weighted by molar-refractivity contribution is -0.114. The number of nitrogens with one attached hydrogen (secondary N) is 3. The molecule has 27 heavy (non-hydrogen) atoms. The van der Waals surface area contributed by atoms with Crippen LogP contribution in [0, 0.1) is 0 Å². The average molecular weight is 369 g/mol. The lowest BCUT2D eigenvalue weighted by atomic mass is 10.1. The average Bonchev–Trinajstić information content (AvgIpc) is 2.65. The normalized spacial score (nSPS) is 11.4. The summed E-state index contributed by atoms with van der Waals surface area (Å²) >= 11 is 0. The Morgan fingerprint density at radius 3 is 2.52 bits per heavy atom. The Morgan fingerprint density at radius 2 is 1.85 bits per heavy atom. The van der Waals surface area contributed by atoms with Crippen molar-refractivity contribution in [3.63, 3.8) is 0 Å². The standard InChI is InChI=1S/C21H27N3O3/c1-15(18-7-4-8-19(14-18)24-16(2)25)23-21(26)22-13-5-6-17-9-11-20(27-3)12-10-17/h4,7-12,14-15H,5-6,13H2,1-3H3,(H,24,25)(H2,22,23,26). The Labute approximate surface area is 160 Å². The molecule has 0 saturated carbocycles. The molecule has 0 bridgehead atoms. The zero-order valence-corrected chi connectivity index (χ0v) is 16.0. The molecule has 0 radical (unpaired) electrons. The highest BCUT2D eigenvalue weighted by Crippen LogP contribution is 2.17. The number of carbonyl (C=O) groups is 2. The summed E-state index contributed by atoms with van der Waals surface area (Å²) in [5, 5.41) is 8.53. The smallest absolute Gasteiger partial charge is 0.315 e. The van der Waals surface area contributed by atoms with Crippen molar-refractivity contribution in [2.24, 2.45) is 0 Å². The van der Waals surface area contributed by atoms with Gasteiger partial charge in [-0.05, 0) is 55.2 Å². The molecule has 0 aliphatic heterocycles. The number of aryl methyl sites for hydroxylation is 1. The summed E-state index contributed by atoms with van der Waals surface area (Å²) in [5.74, 6) is 0.718. The van der Waals surface area contributed by atoms with Gasteiger partial charge in [0.05, 0.1) is 13.2 Å². The van der Waals surface area contributed by atoms with Crippen LogP contribution in [0.2, 0.25) is 0 Å². The van der Waals surface area contributed by atoms with Gasteiger partial charge in [-0.25, -0.2) is 4.79 Å². The van der Waals surface area contributed by atoms with Crippen LogP contribution in [0.3, 0.4) is 0 Å². The van der Waals surface area contributed by atoms with Crippen LogP contribution in [0.4, 0.5) is 10.5 Å². The second kappa shape index (κ2) is 10.2. The maximum atomic E-state index is 12.1. The fourth-order valence-corrected chi connectivity index (χ4v) is 2.71. The molecule has 1 unspecified atom stereocenters. The number of hydrogen-bond acceptors (Lipinski definition) is 3. The van der Waals surface area contributed by atoms with Crippen molar-refractivity contribution in [1.82, 2.24) is 10.6 Å². The molecular weight excluding hydrogens is 342 g/mol. The van der Waals surface area contributed by atoms with Gasteiger partial charge < -0.3 is 20.7 Å². The Hall–Kier alpha value is -3.02. The summed E-state index contributed by atoms with van der Waals surface area (Å²) in [6.45, 7) is 3.97. The summed E-state index contributed by atoms with van der Waals surface area (Å²) in [4.78, 5) is 23.2. The first-order valence-corrected chi connectivity index (χ1v) is 9.03. The van der Waals surface area contributed by atoms with Gasteiger partial charge in [0, 0.05) is 19.2 Å². The Morgan fingerprint density at radius 1 is 1.11 bits per heavy atom. The lowest BCUT2D eigenvalue weighted by Gasteiger charge is -2.16. The monoisotopic (exact) mass is 369 g/mol. The number of methoxy groups -OCH3 is 1. The molecule has 0 aliphatic carbocycles. The van der Waals surface area contributed by atoms with Gasteiger partial charge in [-0.1, -0.05) is 24.3 Å². The third-order valence-corrected chi connectivity index (χ3v) is 4.14. The van der Waals surface area contributed by atoms with E-state index < -0.39 is 0 Å². The van der Waals surface area contributed by atoms with E-state index in [0.717, 1.165) is 24.2 Å². The molecule has 144 valence electrons. The third-order valence-electron chi connectivity index (χ3n) is 4.14. The number of benzene rings is 2. The zero-order valence-electron chi connectivity index (χ0n) is 16.0. The van der Waals surface area contributed by atoms with Crippen LogP contribution in [0.25, 0.3) is 0 Å². The number of anilines is 1. The van der Waals surface area contributed by atoms with E-state index in [4.69, 9.17) is 4.74 Å². The van der Waals surface area contributed by atoms with E-state index >= 15 is 0 Å². The molecule has 0 aromatic heterocycles. The van der Waals surface area contributed by atoms with Gasteiger partial charge in [-0.2, -0.15) is 0 Å². The van der Waals surface area contributed by atoms with Gasteiger partial charge in [0.2, 0.25) is 5.91 Å². The highest BCUT2D eigenvalue weighted by Gasteiger charge is 2.10. The van der Waals surface area contributed by atoms with E-state index in [1.54, 1.807) is 7.11 Å². The summed E-state index contributed by atoms with van der Waals surface area (Å²) in [5.41, 5.74) is 2.85. The van der Waals surface area contributed by atoms with Crippen LogP contribution in [-0.2, 0) is 11.2 Å². The number of hydrogen-bond donors (Lipinski definition) is 3. The second-order valence-corrected chi connectivity index (χ2v) is 6.38. The summed E-state index contributed by atoms with van der Waals surface area (Å²) < 4.78 is 5.14. The topological polar surface area (TPSA) is 79.5 Å². The summed E-state index contributed by atoms with van der Waals surface area (Å²) in [6, 6.07) is 15.0. The van der Waals surface area contributed by atoms with Gasteiger partial charge >= 0.3 is 6.03 Å². The van der Waals surface area contributed by atoms with Crippen molar-refractivity contribution in [2.45, 2.75) is 32.7 Å². The predicted octanol–water partition coefficient (Wildman–Crippen LogP) is 3.65. The lowest BCUT2D eigenvalue weighted by Crippen LogP contribution is -2.37. The summed E-state index contributed by atoms with van der Waals surface area (Å²) in [7, 11) is 1.65. The molecule has 2 aromatic carbocycles. The van der Waals surface area contributed by atoms with Gasteiger partial charge in [-0.3, -0.25) is 4.79 Å². The molecule has 0 fully saturated rings. The molecule has 2 rings (SSSR count). The molecular formula is C21H27N3O3.